The van der Waals surface area contributed by atoms with Crippen LogP contribution in [0.4, 0.5) is 0 Å². The quantitative estimate of drug-likeness (QED) is 0.919. The van der Waals surface area contributed by atoms with E-state index < -0.39 is 0 Å². The van der Waals surface area contributed by atoms with Crippen LogP contribution < -0.4 is 5.56 Å². The smallest absolute Gasteiger partial charge is 0.255 e. The first-order valence-corrected chi connectivity index (χ1v) is 7.19. The highest BCUT2D eigenvalue weighted by Crippen LogP contribution is 2.25. The van der Waals surface area contributed by atoms with E-state index in [1.54, 1.807) is 11.8 Å². The molecule has 1 aliphatic rings. The Kier molecular flexibility index (Phi) is 3.14. The van der Waals surface area contributed by atoms with Crippen molar-refractivity contribution in [3.05, 3.63) is 62.3 Å². The third kappa shape index (κ3) is 2.18. The lowest BCUT2D eigenvalue weighted by Crippen LogP contribution is -2.17. The third-order valence-corrected chi connectivity index (χ3v) is 4.29. The molecule has 0 spiro atoms. The number of thioether (sulfide) groups is 1. The van der Waals surface area contributed by atoms with Crippen molar-refractivity contribution >= 4 is 23.4 Å². The van der Waals surface area contributed by atoms with E-state index >= 15 is 0 Å². The molecule has 3 rings (SSSR count). The second kappa shape index (κ2) is 4.78. The van der Waals surface area contributed by atoms with Gasteiger partial charge in [0, 0.05) is 28.5 Å². The second-order valence-corrected chi connectivity index (χ2v) is 5.59. The standard InChI is InChI=1S/C13H11ClN2OS/c14-10-4-2-1-3-8(10)5-12-15-11-7-18-6-9(11)13(17)16-12/h1-4H,5-7H2,(H,15,16,17). The van der Waals surface area contributed by atoms with Crippen LogP contribution in [-0.4, -0.2) is 9.97 Å². The maximum absolute atomic E-state index is 11.9. The van der Waals surface area contributed by atoms with E-state index in [9.17, 15) is 4.79 Å². The van der Waals surface area contributed by atoms with Crippen molar-refractivity contribution in [2.75, 3.05) is 0 Å². The fraction of sp³-hybridized carbons (Fsp3) is 0.231. The molecule has 3 nitrogen and oxygen atoms in total. The molecule has 18 heavy (non-hydrogen) atoms. The van der Waals surface area contributed by atoms with Gasteiger partial charge in [0.2, 0.25) is 0 Å². The van der Waals surface area contributed by atoms with Gasteiger partial charge in [-0.2, -0.15) is 11.8 Å². The summed E-state index contributed by atoms with van der Waals surface area (Å²) < 4.78 is 0. The number of halogens is 1. The molecule has 0 saturated heterocycles. The molecule has 1 aliphatic heterocycles. The molecule has 1 aromatic carbocycles. The molecule has 1 aromatic heterocycles. The van der Waals surface area contributed by atoms with E-state index in [4.69, 9.17) is 11.6 Å². The average molecular weight is 279 g/mol. The van der Waals surface area contributed by atoms with Crippen LogP contribution in [0.15, 0.2) is 29.1 Å². The first kappa shape index (κ1) is 11.8. The largest absolute Gasteiger partial charge is 0.310 e. The summed E-state index contributed by atoms with van der Waals surface area (Å²) in [6.07, 6.45) is 0.562. The van der Waals surface area contributed by atoms with Crippen LogP contribution in [0.25, 0.3) is 0 Å². The summed E-state index contributed by atoms with van der Waals surface area (Å²) in [7, 11) is 0. The van der Waals surface area contributed by atoms with Gasteiger partial charge in [-0.3, -0.25) is 4.79 Å². The molecule has 0 amide bonds. The van der Waals surface area contributed by atoms with Crippen LogP contribution in [0.5, 0.6) is 0 Å². The van der Waals surface area contributed by atoms with Gasteiger partial charge in [0.1, 0.15) is 5.82 Å². The number of nitrogens with one attached hydrogen (secondary N) is 1. The predicted molar refractivity (Wildman–Crippen MR) is 74.1 cm³/mol. The molecule has 0 fully saturated rings. The number of rotatable bonds is 2. The van der Waals surface area contributed by atoms with E-state index in [1.165, 1.54) is 0 Å². The van der Waals surface area contributed by atoms with Crippen LogP contribution >= 0.6 is 23.4 Å². The number of nitrogens with zero attached hydrogens (tertiary/aromatic N) is 1. The molecule has 0 saturated carbocycles. The predicted octanol–water partition coefficient (Wildman–Crippen LogP) is 2.76. The van der Waals surface area contributed by atoms with Gasteiger partial charge in [0.25, 0.3) is 5.56 Å². The first-order chi connectivity index (χ1) is 8.74. The Labute approximate surface area is 114 Å². The normalized spacial score (nSPS) is 13.6. The van der Waals surface area contributed by atoms with E-state index in [2.05, 4.69) is 9.97 Å². The molecule has 0 aliphatic carbocycles. The maximum Gasteiger partial charge on any atom is 0.255 e. The van der Waals surface area contributed by atoms with Gasteiger partial charge in [0.15, 0.2) is 0 Å². The molecule has 5 heteroatoms. The number of hydrogen-bond acceptors (Lipinski definition) is 3. The summed E-state index contributed by atoms with van der Waals surface area (Å²) in [6, 6.07) is 7.62. The Morgan fingerprint density at radius 2 is 2.17 bits per heavy atom. The monoisotopic (exact) mass is 278 g/mol. The number of hydrogen-bond donors (Lipinski definition) is 1. The summed E-state index contributed by atoms with van der Waals surface area (Å²) in [4.78, 5) is 19.2. The van der Waals surface area contributed by atoms with Crippen LogP contribution in [-0.2, 0) is 17.9 Å². The number of benzene rings is 1. The van der Waals surface area contributed by atoms with Crippen molar-refractivity contribution in [3.63, 3.8) is 0 Å². The molecule has 1 N–H and O–H groups in total. The van der Waals surface area contributed by atoms with E-state index in [-0.39, 0.29) is 5.56 Å². The third-order valence-electron chi connectivity index (χ3n) is 2.95. The van der Waals surface area contributed by atoms with Crippen LogP contribution in [0.2, 0.25) is 5.02 Å². The number of aromatic amines is 1. The fourth-order valence-corrected chi connectivity index (χ4v) is 3.26. The van der Waals surface area contributed by atoms with Crippen LogP contribution in [0, 0.1) is 0 Å². The van der Waals surface area contributed by atoms with Gasteiger partial charge in [-0.25, -0.2) is 4.98 Å². The Bertz CT molecular complexity index is 654. The Morgan fingerprint density at radius 3 is 3.00 bits per heavy atom. The highest BCUT2D eigenvalue weighted by Gasteiger charge is 2.17. The van der Waals surface area contributed by atoms with Crippen molar-refractivity contribution < 1.29 is 0 Å². The summed E-state index contributed by atoms with van der Waals surface area (Å²) in [5.74, 6) is 2.29. The second-order valence-electron chi connectivity index (χ2n) is 4.20. The average Bonchev–Trinajstić information content (AvgIpc) is 2.81. The molecule has 0 atom stereocenters. The molecular formula is C13H11ClN2OS. The van der Waals surface area contributed by atoms with Crippen molar-refractivity contribution in [1.29, 1.82) is 0 Å². The van der Waals surface area contributed by atoms with Gasteiger partial charge >= 0.3 is 0 Å². The van der Waals surface area contributed by atoms with Gasteiger partial charge in [-0.05, 0) is 11.6 Å². The molecule has 2 aromatic rings. The lowest BCUT2D eigenvalue weighted by Gasteiger charge is -2.05. The van der Waals surface area contributed by atoms with E-state index in [1.807, 2.05) is 24.3 Å². The Hall–Kier alpha value is -1.26. The summed E-state index contributed by atoms with van der Waals surface area (Å²) in [5, 5.41) is 0.704. The highest BCUT2D eigenvalue weighted by atomic mass is 35.5. The molecule has 0 bridgehead atoms. The van der Waals surface area contributed by atoms with Gasteiger partial charge in [0.05, 0.1) is 5.69 Å². The van der Waals surface area contributed by atoms with Gasteiger partial charge in [-0.1, -0.05) is 29.8 Å². The van der Waals surface area contributed by atoms with Crippen molar-refractivity contribution in [2.45, 2.75) is 17.9 Å². The topological polar surface area (TPSA) is 45.8 Å². The summed E-state index contributed by atoms with van der Waals surface area (Å²) in [6.45, 7) is 0. The van der Waals surface area contributed by atoms with Crippen LogP contribution in [0.1, 0.15) is 22.6 Å². The zero-order chi connectivity index (χ0) is 12.5. The van der Waals surface area contributed by atoms with Crippen LogP contribution in [0.3, 0.4) is 0 Å². The van der Waals surface area contributed by atoms with Gasteiger partial charge < -0.3 is 4.98 Å². The molecular weight excluding hydrogens is 268 g/mol. The van der Waals surface area contributed by atoms with Gasteiger partial charge in [-0.15, -0.1) is 0 Å². The maximum atomic E-state index is 11.9. The van der Waals surface area contributed by atoms with E-state index in [0.29, 0.717) is 17.3 Å². The number of fused-ring (bicyclic) bond motifs is 1. The summed E-state index contributed by atoms with van der Waals surface area (Å²) in [5.41, 5.74) is 2.72. The molecule has 0 radical (unpaired) electrons. The lowest BCUT2D eigenvalue weighted by molar-refractivity contribution is 0.904. The Morgan fingerprint density at radius 1 is 1.33 bits per heavy atom. The zero-order valence-electron chi connectivity index (χ0n) is 9.57. The minimum atomic E-state index is -0.00736. The Balaban J connectivity index is 1.97. The zero-order valence-corrected chi connectivity index (χ0v) is 11.1. The fourth-order valence-electron chi connectivity index (χ4n) is 2.02. The lowest BCUT2D eigenvalue weighted by atomic mass is 10.1. The molecule has 2 heterocycles. The SMILES string of the molecule is O=c1[nH]c(Cc2ccccc2Cl)nc2c1CSC2. The van der Waals surface area contributed by atoms with Crippen molar-refractivity contribution in [3.8, 4) is 0 Å². The summed E-state index contributed by atoms with van der Waals surface area (Å²) >= 11 is 7.83. The number of H-pyrrole nitrogens is 1. The van der Waals surface area contributed by atoms with Crippen molar-refractivity contribution in [1.82, 2.24) is 9.97 Å². The minimum Gasteiger partial charge on any atom is -0.310 e. The molecule has 0 unspecified atom stereocenters. The first-order valence-electron chi connectivity index (χ1n) is 5.66. The number of aromatic nitrogens is 2. The minimum absolute atomic E-state index is 0.00736. The molecule has 92 valence electrons. The van der Waals surface area contributed by atoms with E-state index in [0.717, 1.165) is 28.3 Å². The highest BCUT2D eigenvalue weighted by molar-refractivity contribution is 7.98. The van der Waals surface area contributed by atoms with Crippen molar-refractivity contribution in [2.24, 2.45) is 0 Å².